The minimum absolute atomic E-state index is 0.0106. The monoisotopic (exact) mass is 358 g/mol. The largest absolute Gasteiger partial charge is 0.491 e. The van der Waals surface area contributed by atoms with Crippen LogP contribution in [0.3, 0.4) is 0 Å². The highest BCUT2D eigenvalue weighted by atomic mass is 19.1. The highest BCUT2D eigenvalue weighted by molar-refractivity contribution is 5.51. The molecule has 1 N–H and O–H groups in total. The zero-order chi connectivity index (χ0) is 18.5. The Morgan fingerprint density at radius 3 is 2.54 bits per heavy atom. The molecule has 1 heterocycles. The first-order valence-electron chi connectivity index (χ1n) is 8.29. The first-order chi connectivity index (χ1) is 12.5. The number of halogens is 1. The van der Waals surface area contributed by atoms with E-state index in [4.69, 9.17) is 9.15 Å². The first kappa shape index (κ1) is 17.9. The summed E-state index contributed by atoms with van der Waals surface area (Å²) in [5.41, 5.74) is 1.67. The van der Waals surface area contributed by atoms with Crippen molar-refractivity contribution in [1.82, 2.24) is 9.78 Å². The van der Waals surface area contributed by atoms with Crippen LogP contribution in [0.15, 0.2) is 57.7 Å². The minimum Gasteiger partial charge on any atom is -0.491 e. The molecule has 1 unspecified atom stereocenters. The Hall–Kier alpha value is -2.93. The van der Waals surface area contributed by atoms with E-state index in [1.54, 1.807) is 0 Å². The van der Waals surface area contributed by atoms with Gasteiger partial charge in [-0.25, -0.2) is 9.18 Å². The topological polar surface area (TPSA) is 77.5 Å². The number of ether oxygens (including phenoxy) is 1. The molecule has 0 bridgehead atoms. The second-order valence-electron chi connectivity index (χ2n) is 5.82. The fourth-order valence-electron chi connectivity index (χ4n) is 2.40. The maximum atomic E-state index is 13.0. The molecule has 0 saturated heterocycles. The highest BCUT2D eigenvalue weighted by Gasteiger charge is 2.14. The van der Waals surface area contributed by atoms with Crippen LogP contribution in [-0.2, 0) is 13.0 Å². The molecule has 0 amide bonds. The molecular weight excluding hydrogens is 339 g/mol. The van der Waals surface area contributed by atoms with Crippen molar-refractivity contribution >= 4 is 0 Å². The van der Waals surface area contributed by atoms with Crippen molar-refractivity contribution in [1.29, 1.82) is 0 Å². The smallest absolute Gasteiger partial charge is 0.437 e. The molecule has 0 radical (unpaired) electrons. The molecule has 0 saturated carbocycles. The number of aliphatic hydroxyl groups excluding tert-OH is 1. The average molecular weight is 358 g/mol. The van der Waals surface area contributed by atoms with Crippen molar-refractivity contribution in [2.75, 3.05) is 6.61 Å². The van der Waals surface area contributed by atoms with E-state index >= 15 is 0 Å². The van der Waals surface area contributed by atoms with E-state index in [2.05, 4.69) is 12.0 Å². The summed E-state index contributed by atoms with van der Waals surface area (Å²) >= 11 is 0. The molecule has 26 heavy (non-hydrogen) atoms. The number of aromatic nitrogens is 2. The van der Waals surface area contributed by atoms with Crippen LogP contribution < -0.4 is 10.5 Å². The van der Waals surface area contributed by atoms with E-state index in [0.29, 0.717) is 11.3 Å². The molecule has 1 atom stereocenters. The van der Waals surface area contributed by atoms with Gasteiger partial charge in [-0.3, -0.25) is 0 Å². The fourth-order valence-corrected chi connectivity index (χ4v) is 2.40. The van der Waals surface area contributed by atoms with Gasteiger partial charge in [-0.15, -0.1) is 5.10 Å². The van der Waals surface area contributed by atoms with Gasteiger partial charge in [-0.2, -0.15) is 4.68 Å². The molecule has 0 spiro atoms. The van der Waals surface area contributed by atoms with Crippen LogP contribution in [-0.4, -0.2) is 27.6 Å². The van der Waals surface area contributed by atoms with Crippen LogP contribution in [0.2, 0.25) is 0 Å². The van der Waals surface area contributed by atoms with Crippen molar-refractivity contribution in [3.8, 4) is 17.2 Å². The lowest BCUT2D eigenvalue weighted by Crippen LogP contribution is -2.29. The number of hydrogen-bond donors (Lipinski definition) is 1. The van der Waals surface area contributed by atoms with E-state index in [9.17, 15) is 14.3 Å². The van der Waals surface area contributed by atoms with Gasteiger partial charge < -0.3 is 14.3 Å². The van der Waals surface area contributed by atoms with Crippen LogP contribution in [0.5, 0.6) is 5.75 Å². The molecule has 6 nitrogen and oxygen atoms in total. The van der Waals surface area contributed by atoms with E-state index < -0.39 is 17.7 Å². The number of rotatable bonds is 7. The van der Waals surface area contributed by atoms with Gasteiger partial charge >= 0.3 is 5.76 Å². The predicted octanol–water partition coefficient (Wildman–Crippen LogP) is 2.64. The van der Waals surface area contributed by atoms with Gasteiger partial charge in [-0.1, -0.05) is 19.1 Å². The minimum atomic E-state index is -0.940. The van der Waals surface area contributed by atoms with E-state index in [0.717, 1.165) is 11.1 Å². The molecule has 7 heteroatoms. The summed E-state index contributed by atoms with van der Waals surface area (Å²) in [6.45, 7) is 2.00. The lowest BCUT2D eigenvalue weighted by atomic mass is 10.2. The van der Waals surface area contributed by atoms with Gasteiger partial charge in [-0.05, 0) is 48.4 Å². The van der Waals surface area contributed by atoms with Crippen molar-refractivity contribution in [2.24, 2.45) is 0 Å². The van der Waals surface area contributed by atoms with Crippen molar-refractivity contribution in [2.45, 2.75) is 26.0 Å². The lowest BCUT2D eigenvalue weighted by Gasteiger charge is -2.11. The Morgan fingerprint density at radius 2 is 1.88 bits per heavy atom. The standard InChI is InChI=1S/C19H19FN2O4/c1-2-13-3-9-17(10-4-13)25-12-16(23)11-22-19(24)26-18(21-22)14-5-7-15(20)8-6-14/h3-10,16,23H,2,11-12H2,1H3. The Kier molecular flexibility index (Phi) is 5.48. The Labute approximate surface area is 149 Å². The zero-order valence-corrected chi connectivity index (χ0v) is 14.3. The summed E-state index contributed by atoms with van der Waals surface area (Å²) in [5, 5.41) is 14.1. The number of aryl methyl sites for hydroxylation is 1. The summed E-state index contributed by atoms with van der Waals surface area (Å²) < 4.78 is 24.6. The van der Waals surface area contributed by atoms with E-state index in [-0.39, 0.29) is 19.0 Å². The molecule has 0 aliphatic heterocycles. The molecule has 3 aromatic rings. The molecule has 3 rings (SSSR count). The van der Waals surface area contributed by atoms with Crippen molar-refractivity contribution < 1.29 is 18.7 Å². The third-order valence-electron chi connectivity index (χ3n) is 3.86. The van der Waals surface area contributed by atoms with Crippen molar-refractivity contribution in [3.05, 3.63) is 70.5 Å². The van der Waals surface area contributed by atoms with Gasteiger partial charge in [0.25, 0.3) is 0 Å². The lowest BCUT2D eigenvalue weighted by molar-refractivity contribution is 0.0875. The summed E-state index contributed by atoms with van der Waals surface area (Å²) in [6.07, 6.45) is -0.00122. The van der Waals surface area contributed by atoms with Gasteiger partial charge in [0, 0.05) is 5.56 Å². The number of aliphatic hydroxyl groups is 1. The highest BCUT2D eigenvalue weighted by Crippen LogP contribution is 2.16. The van der Waals surface area contributed by atoms with Crippen LogP contribution >= 0.6 is 0 Å². The molecule has 136 valence electrons. The quantitative estimate of drug-likeness (QED) is 0.703. The molecule has 0 aliphatic carbocycles. The summed E-state index contributed by atoms with van der Waals surface area (Å²) in [7, 11) is 0. The Bertz CT molecular complexity index is 901. The Morgan fingerprint density at radius 1 is 1.19 bits per heavy atom. The van der Waals surface area contributed by atoms with Crippen LogP contribution in [0.25, 0.3) is 11.5 Å². The second-order valence-corrected chi connectivity index (χ2v) is 5.82. The van der Waals surface area contributed by atoms with E-state index in [1.807, 2.05) is 24.3 Å². The molecule has 0 aliphatic rings. The SMILES string of the molecule is CCc1ccc(OCC(O)Cn2nc(-c3ccc(F)cc3)oc2=O)cc1. The zero-order valence-electron chi connectivity index (χ0n) is 14.3. The predicted molar refractivity (Wildman–Crippen MR) is 93.5 cm³/mol. The van der Waals surface area contributed by atoms with Crippen LogP contribution in [0.4, 0.5) is 4.39 Å². The Balaban J connectivity index is 1.61. The molecule has 1 aromatic heterocycles. The first-order valence-corrected chi connectivity index (χ1v) is 8.29. The fraction of sp³-hybridized carbons (Fsp3) is 0.263. The third kappa shape index (κ3) is 4.37. The van der Waals surface area contributed by atoms with Gasteiger partial charge in [0.2, 0.25) is 5.89 Å². The van der Waals surface area contributed by atoms with Gasteiger partial charge in [0.15, 0.2) is 0 Å². The van der Waals surface area contributed by atoms with Gasteiger partial charge in [0.05, 0.1) is 6.54 Å². The van der Waals surface area contributed by atoms with Crippen molar-refractivity contribution in [3.63, 3.8) is 0 Å². The van der Waals surface area contributed by atoms with Crippen LogP contribution in [0.1, 0.15) is 12.5 Å². The summed E-state index contributed by atoms with van der Waals surface area (Å²) in [4.78, 5) is 11.9. The molecule has 2 aromatic carbocycles. The number of hydrogen-bond acceptors (Lipinski definition) is 5. The average Bonchev–Trinajstić information content (AvgIpc) is 3.01. The molecular formula is C19H19FN2O4. The third-order valence-corrected chi connectivity index (χ3v) is 3.86. The summed E-state index contributed by atoms with van der Waals surface area (Å²) in [5.74, 6) is -0.384. The van der Waals surface area contributed by atoms with Gasteiger partial charge in [0.1, 0.15) is 24.3 Å². The normalized spacial score (nSPS) is 12.1. The number of nitrogens with zero attached hydrogens (tertiary/aromatic N) is 2. The second kappa shape index (κ2) is 7.97. The molecule has 0 fully saturated rings. The van der Waals surface area contributed by atoms with E-state index in [1.165, 1.54) is 29.8 Å². The van der Waals surface area contributed by atoms with Crippen LogP contribution in [0, 0.1) is 5.82 Å². The number of benzene rings is 2. The maximum Gasteiger partial charge on any atom is 0.437 e. The summed E-state index contributed by atoms with van der Waals surface area (Å²) in [6, 6.07) is 13.0. The maximum absolute atomic E-state index is 13.0.